The molecule has 0 radical (unpaired) electrons. The number of carbonyl (C=O) groups is 5. The standard InChI is InChI=1S/C44H53N7O5/c52-40-27-36(44(56)51-22-18-34(19-23-51)50-20-10-3-11-21-50)41(53)46-29-33(24-30-12-4-1-5-13-30)47-42(54)38(25-31-14-6-2-7-15-31)49-43(55)39(48-40)26-32-28-45-37-17-9-8-16-35(32)37/h1-2,4-9,12-17,28,33-34,36,38-39,45H,3,10-11,18-27,29H2,(H,46,53)(H,47,54)(H,48,52)(H,49,55)/t33-,36?,38?,39?/m1/s1. The maximum absolute atomic E-state index is 14.3. The van der Waals surface area contributed by atoms with Crippen molar-refractivity contribution in [3.63, 3.8) is 0 Å². The van der Waals surface area contributed by atoms with Gasteiger partial charge in [-0.25, -0.2) is 0 Å². The molecule has 5 amide bonds. The predicted molar refractivity (Wildman–Crippen MR) is 214 cm³/mol. The Hall–Kier alpha value is -5.49. The number of likely N-dealkylation sites (tertiary alicyclic amines) is 2. The Morgan fingerprint density at radius 1 is 0.643 bits per heavy atom. The third kappa shape index (κ3) is 9.84. The number of hydrogen-bond donors (Lipinski definition) is 5. The number of aromatic nitrogens is 1. The van der Waals surface area contributed by atoms with Gasteiger partial charge in [0.25, 0.3) is 0 Å². The van der Waals surface area contributed by atoms with E-state index in [4.69, 9.17) is 0 Å². The van der Waals surface area contributed by atoms with Crippen LogP contribution in [0, 0.1) is 5.92 Å². The normalized spacial score (nSPS) is 23.8. The van der Waals surface area contributed by atoms with Crippen LogP contribution in [0.4, 0.5) is 0 Å². The molecule has 56 heavy (non-hydrogen) atoms. The Balaban J connectivity index is 1.17. The summed E-state index contributed by atoms with van der Waals surface area (Å²) in [5, 5.41) is 12.8. The zero-order valence-electron chi connectivity index (χ0n) is 31.9. The molecule has 1 aromatic heterocycles. The lowest BCUT2D eigenvalue weighted by molar-refractivity contribution is -0.146. The first-order valence-corrected chi connectivity index (χ1v) is 20.1. The topological polar surface area (TPSA) is 156 Å². The summed E-state index contributed by atoms with van der Waals surface area (Å²) in [7, 11) is 0. The van der Waals surface area contributed by atoms with Gasteiger partial charge < -0.3 is 36.1 Å². The molecule has 4 heterocycles. The molecule has 5 N–H and O–H groups in total. The van der Waals surface area contributed by atoms with Crippen molar-refractivity contribution in [2.24, 2.45) is 5.92 Å². The van der Waals surface area contributed by atoms with Crippen molar-refractivity contribution in [3.8, 4) is 0 Å². The quantitative estimate of drug-likeness (QED) is 0.174. The molecule has 0 spiro atoms. The Labute approximate surface area is 328 Å². The fourth-order valence-corrected chi connectivity index (χ4v) is 8.47. The summed E-state index contributed by atoms with van der Waals surface area (Å²) in [6.07, 6.45) is 7.37. The Morgan fingerprint density at radius 3 is 1.98 bits per heavy atom. The van der Waals surface area contributed by atoms with Crippen LogP contribution in [0.5, 0.6) is 0 Å². The van der Waals surface area contributed by atoms with E-state index in [1.165, 1.54) is 19.3 Å². The first-order valence-electron chi connectivity index (χ1n) is 20.1. The van der Waals surface area contributed by atoms with E-state index in [9.17, 15) is 24.0 Å². The number of rotatable bonds is 8. The largest absolute Gasteiger partial charge is 0.361 e. The highest BCUT2D eigenvalue weighted by atomic mass is 16.2. The van der Waals surface area contributed by atoms with Crippen LogP contribution in [0.3, 0.4) is 0 Å². The number of aromatic amines is 1. The third-order valence-corrected chi connectivity index (χ3v) is 11.5. The smallest absolute Gasteiger partial charge is 0.243 e. The van der Waals surface area contributed by atoms with E-state index in [0.29, 0.717) is 25.6 Å². The van der Waals surface area contributed by atoms with Crippen molar-refractivity contribution in [2.75, 3.05) is 32.7 Å². The zero-order valence-corrected chi connectivity index (χ0v) is 31.9. The van der Waals surface area contributed by atoms with E-state index in [1.807, 2.05) is 91.1 Å². The van der Waals surface area contributed by atoms with Gasteiger partial charge in [-0.3, -0.25) is 24.0 Å². The first-order chi connectivity index (χ1) is 27.3. The maximum Gasteiger partial charge on any atom is 0.243 e. The van der Waals surface area contributed by atoms with Crippen molar-refractivity contribution in [1.82, 2.24) is 36.1 Å². The second-order valence-electron chi connectivity index (χ2n) is 15.5. The van der Waals surface area contributed by atoms with Crippen LogP contribution in [-0.4, -0.2) is 101 Å². The molecule has 7 rings (SSSR count). The molecule has 4 atom stereocenters. The van der Waals surface area contributed by atoms with Gasteiger partial charge in [-0.05, 0) is 68.0 Å². The molecular weight excluding hydrogens is 707 g/mol. The molecule has 0 bridgehead atoms. The lowest BCUT2D eigenvalue weighted by Gasteiger charge is -2.40. The van der Waals surface area contributed by atoms with Gasteiger partial charge in [-0.1, -0.05) is 85.3 Å². The lowest BCUT2D eigenvalue weighted by atomic mass is 9.96. The highest BCUT2D eigenvalue weighted by Gasteiger charge is 2.38. The van der Waals surface area contributed by atoms with Gasteiger partial charge in [-0.15, -0.1) is 0 Å². The molecule has 3 aromatic carbocycles. The van der Waals surface area contributed by atoms with Crippen molar-refractivity contribution < 1.29 is 24.0 Å². The average molecular weight is 760 g/mol. The van der Waals surface area contributed by atoms with Gasteiger partial charge in [-0.2, -0.15) is 0 Å². The lowest BCUT2D eigenvalue weighted by Crippen LogP contribution is -2.59. The van der Waals surface area contributed by atoms with Gasteiger partial charge in [0.15, 0.2) is 0 Å². The summed E-state index contributed by atoms with van der Waals surface area (Å²) in [6, 6.07) is 24.5. The third-order valence-electron chi connectivity index (χ3n) is 11.5. The van der Waals surface area contributed by atoms with E-state index in [1.54, 1.807) is 4.90 Å². The van der Waals surface area contributed by atoms with Crippen LogP contribution in [0.15, 0.2) is 91.1 Å². The number of hydrogen-bond acceptors (Lipinski definition) is 6. The first kappa shape index (κ1) is 38.8. The molecule has 3 unspecified atom stereocenters. The summed E-state index contributed by atoms with van der Waals surface area (Å²) in [5.74, 6) is -3.83. The van der Waals surface area contributed by atoms with Gasteiger partial charge in [0.1, 0.15) is 18.0 Å². The number of nitrogens with zero attached hydrogens (tertiary/aromatic N) is 2. The number of amides is 5. The molecule has 0 aliphatic carbocycles. The summed E-state index contributed by atoms with van der Waals surface area (Å²) in [6.45, 7) is 3.19. The molecule has 12 nitrogen and oxygen atoms in total. The van der Waals surface area contributed by atoms with Crippen LogP contribution in [-0.2, 0) is 43.2 Å². The number of carbonyl (C=O) groups excluding carboxylic acids is 5. The number of benzene rings is 3. The number of fused-ring (bicyclic) bond motifs is 1. The van der Waals surface area contributed by atoms with E-state index in [0.717, 1.165) is 53.5 Å². The van der Waals surface area contributed by atoms with E-state index in [-0.39, 0.29) is 19.4 Å². The highest BCUT2D eigenvalue weighted by molar-refractivity contribution is 6.04. The zero-order chi connectivity index (χ0) is 38.9. The molecule has 294 valence electrons. The minimum Gasteiger partial charge on any atom is -0.361 e. The highest BCUT2D eigenvalue weighted by Crippen LogP contribution is 2.24. The van der Waals surface area contributed by atoms with Crippen LogP contribution < -0.4 is 21.3 Å². The van der Waals surface area contributed by atoms with Crippen molar-refractivity contribution >= 4 is 40.4 Å². The van der Waals surface area contributed by atoms with Crippen LogP contribution in [0.25, 0.3) is 10.9 Å². The fraction of sp³-hybridized carbons (Fsp3) is 0.432. The molecule has 3 aliphatic heterocycles. The van der Waals surface area contributed by atoms with E-state index >= 15 is 0 Å². The summed E-state index contributed by atoms with van der Waals surface area (Å²) < 4.78 is 0. The van der Waals surface area contributed by atoms with E-state index < -0.39 is 60.0 Å². The van der Waals surface area contributed by atoms with Gasteiger partial charge in [0.2, 0.25) is 29.5 Å². The Bertz CT molecular complexity index is 1970. The average Bonchev–Trinajstić information content (AvgIpc) is 3.64. The minimum absolute atomic E-state index is 0.0249. The minimum atomic E-state index is -1.31. The molecule has 0 saturated carbocycles. The van der Waals surface area contributed by atoms with Crippen LogP contribution >= 0.6 is 0 Å². The maximum atomic E-state index is 14.3. The SMILES string of the molecule is O=C1CC(C(=O)N2CCC(N3CCCCC3)CC2)C(=O)NC[C@@H](Cc2ccccc2)NC(=O)C(Cc2ccccc2)NC(=O)C(Cc2c[nH]c3ccccc23)N1. The summed E-state index contributed by atoms with van der Waals surface area (Å²) in [5.41, 5.74) is 3.48. The second kappa shape index (κ2) is 18.4. The number of H-pyrrole nitrogens is 1. The molecular formula is C44H53N7O5. The number of nitrogens with one attached hydrogen (secondary N) is 5. The molecule has 3 aliphatic rings. The van der Waals surface area contributed by atoms with Crippen molar-refractivity contribution in [2.45, 2.75) is 82.0 Å². The fourth-order valence-electron chi connectivity index (χ4n) is 8.47. The monoisotopic (exact) mass is 759 g/mol. The summed E-state index contributed by atoms with van der Waals surface area (Å²) in [4.78, 5) is 78.4. The van der Waals surface area contributed by atoms with Gasteiger partial charge in [0, 0.05) is 62.0 Å². The number of piperidine rings is 2. The Kier molecular flexibility index (Phi) is 12.8. The Morgan fingerprint density at radius 2 is 1.27 bits per heavy atom. The molecule has 3 fully saturated rings. The molecule has 12 heteroatoms. The molecule has 3 saturated heterocycles. The van der Waals surface area contributed by atoms with Crippen molar-refractivity contribution in [3.05, 3.63) is 108 Å². The van der Waals surface area contributed by atoms with Crippen molar-refractivity contribution in [1.29, 1.82) is 0 Å². The number of para-hydroxylation sites is 1. The van der Waals surface area contributed by atoms with Crippen LogP contribution in [0.2, 0.25) is 0 Å². The van der Waals surface area contributed by atoms with Gasteiger partial charge in [0.05, 0.1) is 6.04 Å². The molecule has 4 aromatic rings. The van der Waals surface area contributed by atoms with E-state index in [2.05, 4.69) is 31.2 Å². The second-order valence-corrected chi connectivity index (χ2v) is 15.5. The predicted octanol–water partition coefficient (Wildman–Crippen LogP) is 3.26. The van der Waals surface area contributed by atoms with Gasteiger partial charge >= 0.3 is 0 Å². The van der Waals surface area contributed by atoms with Crippen LogP contribution in [0.1, 0.15) is 55.2 Å². The summed E-state index contributed by atoms with van der Waals surface area (Å²) >= 11 is 0.